The Balaban J connectivity index is 1.83. The van der Waals surface area contributed by atoms with E-state index in [1.165, 1.54) is 30.9 Å². The number of halogens is 2. The van der Waals surface area contributed by atoms with Crippen LogP contribution in [0.5, 0.6) is 17.2 Å². The number of ether oxygens (including phenoxy) is 2. The summed E-state index contributed by atoms with van der Waals surface area (Å²) in [5.74, 6) is -0.182. The highest BCUT2D eigenvalue weighted by molar-refractivity contribution is 9.10. The van der Waals surface area contributed by atoms with Gasteiger partial charge in [0.1, 0.15) is 16.1 Å². The average Bonchev–Trinajstić information content (AvgIpc) is 2.89. The van der Waals surface area contributed by atoms with Gasteiger partial charge in [0.15, 0.2) is 22.8 Å². The van der Waals surface area contributed by atoms with Crippen molar-refractivity contribution < 1.29 is 23.4 Å². The molecule has 5 rings (SSSR count). The molecule has 0 fully saturated rings. The summed E-state index contributed by atoms with van der Waals surface area (Å²) in [4.78, 5) is 27.4. The van der Waals surface area contributed by atoms with E-state index in [2.05, 4.69) is 15.9 Å². The summed E-state index contributed by atoms with van der Waals surface area (Å²) >= 11 is 4.37. The van der Waals surface area contributed by atoms with Gasteiger partial charge < -0.3 is 23.6 Å². The minimum absolute atomic E-state index is 0.0632. The molecule has 0 saturated heterocycles. The molecule has 0 atom stereocenters. The lowest BCUT2D eigenvalue weighted by Crippen LogP contribution is -2.23. The Bertz CT molecular complexity index is 1780. The first-order valence-electron chi connectivity index (χ1n) is 11.0. The average molecular weight is 584 g/mol. The SMILES string of the molecule is COc1cc2c3oc(=O)c(Sc4cccc(Br)c4)c(O)c3c(=O)n(Cc3ccc(F)cc3)c2cc1OC. The van der Waals surface area contributed by atoms with Crippen LogP contribution >= 0.6 is 27.7 Å². The third kappa shape index (κ3) is 4.58. The summed E-state index contributed by atoms with van der Waals surface area (Å²) in [5, 5.41) is 11.5. The lowest BCUT2D eigenvalue weighted by atomic mass is 10.1. The highest BCUT2D eigenvalue weighted by Gasteiger charge is 2.24. The maximum absolute atomic E-state index is 13.8. The zero-order valence-corrected chi connectivity index (χ0v) is 22.0. The third-order valence-electron chi connectivity index (χ3n) is 5.83. The van der Waals surface area contributed by atoms with Gasteiger partial charge in [-0.2, -0.15) is 0 Å². The number of benzene rings is 3. The number of fused-ring (bicyclic) bond motifs is 3. The van der Waals surface area contributed by atoms with Crippen molar-refractivity contribution in [3.63, 3.8) is 0 Å². The van der Waals surface area contributed by atoms with E-state index in [9.17, 15) is 19.1 Å². The quantitative estimate of drug-likeness (QED) is 0.248. The lowest BCUT2D eigenvalue weighted by molar-refractivity contribution is 0.355. The Morgan fingerprint density at radius 3 is 2.41 bits per heavy atom. The molecule has 0 unspecified atom stereocenters. The summed E-state index contributed by atoms with van der Waals surface area (Å²) in [6.45, 7) is 0.0632. The monoisotopic (exact) mass is 583 g/mol. The molecule has 2 heterocycles. The number of nitrogens with zero attached hydrogens (tertiary/aromatic N) is 1. The van der Waals surface area contributed by atoms with Crippen molar-refractivity contribution in [2.24, 2.45) is 0 Å². The standard InChI is InChI=1S/C27H19BrFNO6S/c1-34-20-11-18-19(12-21(20)35-2)30(13-14-6-8-16(29)9-7-14)26(32)22-23(31)25(27(33)36-24(18)22)37-17-5-3-4-15(28)10-17/h3-12,31H,13H2,1-2H3. The molecule has 0 radical (unpaired) electrons. The van der Waals surface area contributed by atoms with E-state index in [0.29, 0.717) is 32.9 Å². The van der Waals surface area contributed by atoms with E-state index in [4.69, 9.17) is 13.9 Å². The minimum atomic E-state index is -0.790. The molecule has 0 spiro atoms. The summed E-state index contributed by atoms with van der Waals surface area (Å²) in [6, 6.07) is 16.1. The molecule has 188 valence electrons. The molecule has 0 aliphatic heterocycles. The van der Waals surface area contributed by atoms with Crippen molar-refractivity contribution in [3.8, 4) is 17.2 Å². The van der Waals surface area contributed by atoms with Crippen LogP contribution in [-0.2, 0) is 6.54 Å². The van der Waals surface area contributed by atoms with Gasteiger partial charge in [-0.3, -0.25) is 4.79 Å². The highest BCUT2D eigenvalue weighted by Crippen LogP contribution is 2.40. The first-order chi connectivity index (χ1) is 17.8. The number of rotatable bonds is 6. The highest BCUT2D eigenvalue weighted by atomic mass is 79.9. The number of aromatic hydroxyl groups is 1. The molecular formula is C27H19BrFNO6S. The molecule has 0 bridgehead atoms. The van der Waals surface area contributed by atoms with E-state index in [-0.39, 0.29) is 22.4 Å². The number of pyridine rings is 1. The largest absolute Gasteiger partial charge is 0.505 e. The number of hydrogen-bond acceptors (Lipinski definition) is 7. The lowest BCUT2D eigenvalue weighted by Gasteiger charge is -2.16. The molecule has 0 amide bonds. The third-order valence-corrected chi connectivity index (χ3v) is 7.37. The van der Waals surface area contributed by atoms with Crippen molar-refractivity contribution in [3.05, 3.63) is 97.3 Å². The first-order valence-corrected chi connectivity index (χ1v) is 12.6. The fraction of sp³-hybridized carbons (Fsp3) is 0.111. The van der Waals surface area contributed by atoms with E-state index in [1.54, 1.807) is 42.5 Å². The number of methoxy groups -OCH3 is 2. The van der Waals surface area contributed by atoms with Gasteiger partial charge >= 0.3 is 5.63 Å². The smallest absolute Gasteiger partial charge is 0.354 e. The molecule has 0 aliphatic rings. The van der Waals surface area contributed by atoms with Gasteiger partial charge in [-0.1, -0.05) is 45.9 Å². The van der Waals surface area contributed by atoms with Gasteiger partial charge in [-0.05, 0) is 42.0 Å². The van der Waals surface area contributed by atoms with E-state index in [1.807, 2.05) is 6.07 Å². The number of hydrogen-bond donors (Lipinski definition) is 1. The molecule has 3 aromatic carbocycles. The van der Waals surface area contributed by atoms with Gasteiger partial charge in [-0.15, -0.1) is 0 Å². The zero-order chi connectivity index (χ0) is 26.3. The van der Waals surface area contributed by atoms with Crippen LogP contribution in [0.25, 0.3) is 21.9 Å². The van der Waals surface area contributed by atoms with Gasteiger partial charge in [0.25, 0.3) is 5.56 Å². The normalized spacial score (nSPS) is 11.2. The van der Waals surface area contributed by atoms with Crippen LogP contribution in [0.1, 0.15) is 5.56 Å². The fourth-order valence-corrected chi connectivity index (χ4v) is 5.52. The maximum atomic E-state index is 13.8. The molecule has 0 saturated carbocycles. The Morgan fingerprint density at radius 1 is 1.03 bits per heavy atom. The van der Waals surface area contributed by atoms with E-state index < -0.39 is 22.8 Å². The molecule has 2 aromatic heterocycles. The first kappa shape index (κ1) is 24.9. The summed E-state index contributed by atoms with van der Waals surface area (Å²) < 4.78 is 32.2. The molecule has 1 N–H and O–H groups in total. The van der Waals surface area contributed by atoms with Crippen LogP contribution < -0.4 is 20.7 Å². The zero-order valence-electron chi connectivity index (χ0n) is 19.6. The van der Waals surface area contributed by atoms with Crippen molar-refractivity contribution in [1.82, 2.24) is 4.57 Å². The van der Waals surface area contributed by atoms with Crippen LogP contribution in [0, 0.1) is 5.82 Å². The van der Waals surface area contributed by atoms with Crippen LogP contribution in [-0.4, -0.2) is 23.9 Å². The summed E-state index contributed by atoms with van der Waals surface area (Å²) in [6.07, 6.45) is 0. The van der Waals surface area contributed by atoms with Crippen LogP contribution in [0.4, 0.5) is 4.39 Å². The second-order valence-electron chi connectivity index (χ2n) is 8.07. The van der Waals surface area contributed by atoms with Crippen molar-refractivity contribution in [2.75, 3.05) is 14.2 Å². The van der Waals surface area contributed by atoms with Crippen LogP contribution in [0.15, 0.2) is 88.9 Å². The van der Waals surface area contributed by atoms with Gasteiger partial charge in [0.05, 0.1) is 26.3 Å². The van der Waals surface area contributed by atoms with Crippen LogP contribution in [0.3, 0.4) is 0 Å². The molecule has 37 heavy (non-hydrogen) atoms. The van der Waals surface area contributed by atoms with Gasteiger partial charge in [0, 0.05) is 20.8 Å². The predicted molar refractivity (Wildman–Crippen MR) is 143 cm³/mol. The molecular weight excluding hydrogens is 565 g/mol. The Labute approximate surface area is 222 Å². The number of aromatic nitrogens is 1. The van der Waals surface area contributed by atoms with Crippen LogP contribution in [0.2, 0.25) is 0 Å². The Kier molecular flexibility index (Phi) is 6.70. The van der Waals surface area contributed by atoms with Crippen molar-refractivity contribution >= 4 is 49.6 Å². The van der Waals surface area contributed by atoms with E-state index >= 15 is 0 Å². The van der Waals surface area contributed by atoms with Crippen molar-refractivity contribution in [2.45, 2.75) is 16.3 Å². The Hall–Kier alpha value is -3.76. The second kappa shape index (κ2) is 9.95. The predicted octanol–water partition coefficient (Wildman–Crippen LogP) is 5.93. The minimum Gasteiger partial charge on any atom is -0.505 e. The maximum Gasteiger partial charge on any atom is 0.354 e. The molecule has 10 heteroatoms. The van der Waals surface area contributed by atoms with Gasteiger partial charge in [-0.25, -0.2) is 9.18 Å². The van der Waals surface area contributed by atoms with Gasteiger partial charge in [0.2, 0.25) is 0 Å². The van der Waals surface area contributed by atoms with E-state index in [0.717, 1.165) is 16.2 Å². The summed E-state index contributed by atoms with van der Waals surface area (Å²) in [7, 11) is 2.92. The topological polar surface area (TPSA) is 90.9 Å². The van der Waals surface area contributed by atoms with Crippen molar-refractivity contribution in [1.29, 1.82) is 0 Å². The summed E-state index contributed by atoms with van der Waals surface area (Å²) in [5.41, 5.74) is -0.413. The molecule has 7 nitrogen and oxygen atoms in total. The second-order valence-corrected chi connectivity index (χ2v) is 10.1. The molecule has 0 aliphatic carbocycles. The molecule has 5 aromatic rings. The fourth-order valence-electron chi connectivity index (χ4n) is 4.08. The Morgan fingerprint density at radius 2 is 1.73 bits per heavy atom.